The van der Waals surface area contributed by atoms with Crippen molar-refractivity contribution in [2.75, 3.05) is 24.5 Å². The van der Waals surface area contributed by atoms with Gasteiger partial charge in [-0.05, 0) is 50.4 Å². The number of nitrogens with zero attached hydrogens (tertiary/aromatic N) is 1. The number of hydrogen-bond acceptors (Lipinski definition) is 2. The van der Waals surface area contributed by atoms with Gasteiger partial charge in [-0.3, -0.25) is 0 Å². The maximum Gasteiger partial charge on any atom is 0.0369 e. The van der Waals surface area contributed by atoms with Crippen LogP contribution in [-0.2, 0) is 0 Å². The first-order chi connectivity index (χ1) is 9.31. The van der Waals surface area contributed by atoms with E-state index in [0.717, 1.165) is 6.54 Å². The summed E-state index contributed by atoms with van der Waals surface area (Å²) in [6.45, 7) is 8.01. The largest absolute Gasteiger partial charge is 0.372 e. The highest BCUT2D eigenvalue weighted by molar-refractivity contribution is 5.49. The fraction of sp³-hybridized carbons (Fsp3) is 0.647. The zero-order valence-corrected chi connectivity index (χ0v) is 12.5. The van der Waals surface area contributed by atoms with E-state index in [1.165, 1.54) is 56.4 Å². The van der Waals surface area contributed by atoms with Gasteiger partial charge in [0.25, 0.3) is 0 Å². The Bertz CT molecular complexity index is 367. The Hall–Kier alpha value is -1.02. The highest BCUT2D eigenvalue weighted by atomic mass is 15.1. The molecule has 1 aromatic carbocycles. The quantitative estimate of drug-likeness (QED) is 0.856. The standard InChI is InChI=1S/C17H28N2/c1-3-11-18-15(2)16-9-8-10-17(14-16)19-12-6-4-5-7-13-19/h8-10,14-15,18H,3-7,11-13H2,1-2H3. The molecule has 1 heterocycles. The van der Waals surface area contributed by atoms with Crippen molar-refractivity contribution in [3.63, 3.8) is 0 Å². The van der Waals surface area contributed by atoms with Crippen LogP contribution in [0.3, 0.4) is 0 Å². The lowest BCUT2D eigenvalue weighted by molar-refractivity contribution is 0.570. The Kier molecular flexibility index (Phi) is 5.71. The van der Waals surface area contributed by atoms with Gasteiger partial charge in [0.05, 0.1) is 0 Å². The van der Waals surface area contributed by atoms with E-state index in [0.29, 0.717) is 6.04 Å². The highest BCUT2D eigenvalue weighted by Gasteiger charge is 2.11. The molecule has 0 aromatic heterocycles. The van der Waals surface area contributed by atoms with Gasteiger partial charge in [0.1, 0.15) is 0 Å². The van der Waals surface area contributed by atoms with E-state index in [9.17, 15) is 0 Å². The summed E-state index contributed by atoms with van der Waals surface area (Å²) in [5.41, 5.74) is 2.82. The van der Waals surface area contributed by atoms with Gasteiger partial charge in [0.2, 0.25) is 0 Å². The van der Waals surface area contributed by atoms with Gasteiger partial charge >= 0.3 is 0 Å². The summed E-state index contributed by atoms with van der Waals surface area (Å²) < 4.78 is 0. The van der Waals surface area contributed by atoms with Crippen molar-refractivity contribution in [1.82, 2.24) is 5.32 Å². The van der Waals surface area contributed by atoms with Gasteiger partial charge in [0.15, 0.2) is 0 Å². The summed E-state index contributed by atoms with van der Waals surface area (Å²) in [5, 5.41) is 3.57. The van der Waals surface area contributed by atoms with E-state index >= 15 is 0 Å². The van der Waals surface area contributed by atoms with Gasteiger partial charge in [-0.15, -0.1) is 0 Å². The SMILES string of the molecule is CCCNC(C)c1cccc(N2CCCCCC2)c1. The molecule has 0 bridgehead atoms. The fourth-order valence-corrected chi connectivity index (χ4v) is 2.80. The molecule has 1 aromatic rings. The number of nitrogens with one attached hydrogen (secondary N) is 1. The smallest absolute Gasteiger partial charge is 0.0369 e. The van der Waals surface area contributed by atoms with Crippen LogP contribution in [0.25, 0.3) is 0 Å². The lowest BCUT2D eigenvalue weighted by Crippen LogP contribution is -2.24. The molecule has 0 radical (unpaired) electrons. The minimum absolute atomic E-state index is 0.451. The number of hydrogen-bond donors (Lipinski definition) is 1. The normalized spacial score (nSPS) is 18.1. The first kappa shape index (κ1) is 14.4. The van der Waals surface area contributed by atoms with Crippen LogP contribution in [0, 0.1) is 0 Å². The molecule has 1 aliphatic heterocycles. The summed E-state index contributed by atoms with van der Waals surface area (Å²) in [4.78, 5) is 2.56. The summed E-state index contributed by atoms with van der Waals surface area (Å²) >= 11 is 0. The fourth-order valence-electron chi connectivity index (χ4n) is 2.80. The van der Waals surface area contributed by atoms with Crippen LogP contribution in [0.1, 0.15) is 57.6 Å². The summed E-state index contributed by atoms with van der Waals surface area (Å²) in [6, 6.07) is 9.54. The van der Waals surface area contributed by atoms with Crippen molar-refractivity contribution in [2.24, 2.45) is 0 Å². The second kappa shape index (κ2) is 7.54. The molecule has 1 N–H and O–H groups in total. The van der Waals surface area contributed by atoms with Gasteiger partial charge in [-0.2, -0.15) is 0 Å². The molecule has 19 heavy (non-hydrogen) atoms. The first-order valence-corrected chi connectivity index (χ1v) is 7.89. The average molecular weight is 260 g/mol. The molecule has 106 valence electrons. The van der Waals surface area contributed by atoms with E-state index in [1.807, 2.05) is 0 Å². The Balaban J connectivity index is 2.04. The molecule has 1 atom stereocenters. The lowest BCUT2D eigenvalue weighted by atomic mass is 10.1. The monoisotopic (exact) mass is 260 g/mol. The van der Waals surface area contributed by atoms with Crippen LogP contribution >= 0.6 is 0 Å². The molecule has 1 unspecified atom stereocenters. The molecule has 0 spiro atoms. The van der Waals surface area contributed by atoms with Crippen molar-refractivity contribution in [2.45, 2.75) is 52.0 Å². The van der Waals surface area contributed by atoms with Crippen LogP contribution in [-0.4, -0.2) is 19.6 Å². The molecule has 2 nitrogen and oxygen atoms in total. The van der Waals surface area contributed by atoms with Crippen molar-refractivity contribution >= 4 is 5.69 Å². The van der Waals surface area contributed by atoms with Crippen LogP contribution < -0.4 is 10.2 Å². The first-order valence-electron chi connectivity index (χ1n) is 7.89. The predicted molar refractivity (Wildman–Crippen MR) is 83.8 cm³/mol. The molecule has 0 aliphatic carbocycles. The highest BCUT2D eigenvalue weighted by Crippen LogP contribution is 2.23. The molecule has 1 aliphatic rings. The molecule has 0 saturated carbocycles. The third kappa shape index (κ3) is 4.24. The molecule has 1 fully saturated rings. The number of anilines is 1. The van der Waals surface area contributed by atoms with Crippen molar-refractivity contribution in [3.05, 3.63) is 29.8 Å². The van der Waals surface area contributed by atoms with Crippen LogP contribution in [0.5, 0.6) is 0 Å². The molecule has 2 rings (SSSR count). The molecule has 0 amide bonds. The second-order valence-corrected chi connectivity index (χ2v) is 5.67. The third-order valence-corrected chi connectivity index (χ3v) is 4.04. The average Bonchev–Trinajstić information content (AvgIpc) is 2.74. The second-order valence-electron chi connectivity index (χ2n) is 5.67. The van der Waals surface area contributed by atoms with Gasteiger partial charge < -0.3 is 10.2 Å². The van der Waals surface area contributed by atoms with Crippen LogP contribution in [0.4, 0.5) is 5.69 Å². The minimum Gasteiger partial charge on any atom is -0.372 e. The Morgan fingerprint density at radius 2 is 1.89 bits per heavy atom. The molecule has 1 saturated heterocycles. The van der Waals surface area contributed by atoms with Gasteiger partial charge in [-0.25, -0.2) is 0 Å². The Morgan fingerprint density at radius 1 is 1.16 bits per heavy atom. The molecular formula is C17H28N2. The summed E-state index contributed by atoms with van der Waals surface area (Å²) in [7, 11) is 0. The van der Waals surface area contributed by atoms with E-state index in [-0.39, 0.29) is 0 Å². The lowest BCUT2D eigenvalue weighted by Gasteiger charge is -2.24. The topological polar surface area (TPSA) is 15.3 Å². The van der Waals surface area contributed by atoms with Crippen molar-refractivity contribution in [3.8, 4) is 0 Å². The van der Waals surface area contributed by atoms with Gasteiger partial charge in [0, 0.05) is 24.8 Å². The van der Waals surface area contributed by atoms with Crippen LogP contribution in [0.15, 0.2) is 24.3 Å². The molecular weight excluding hydrogens is 232 g/mol. The van der Waals surface area contributed by atoms with E-state index in [2.05, 4.69) is 48.3 Å². The molecule has 2 heteroatoms. The van der Waals surface area contributed by atoms with Crippen molar-refractivity contribution in [1.29, 1.82) is 0 Å². The summed E-state index contributed by atoms with van der Waals surface area (Å²) in [5.74, 6) is 0. The van der Waals surface area contributed by atoms with E-state index in [4.69, 9.17) is 0 Å². The number of benzene rings is 1. The number of rotatable bonds is 5. The third-order valence-electron chi connectivity index (χ3n) is 4.04. The van der Waals surface area contributed by atoms with Crippen molar-refractivity contribution < 1.29 is 0 Å². The Morgan fingerprint density at radius 3 is 2.58 bits per heavy atom. The predicted octanol–water partition coefficient (Wildman–Crippen LogP) is 4.13. The maximum atomic E-state index is 3.57. The van der Waals surface area contributed by atoms with Gasteiger partial charge in [-0.1, -0.05) is 31.9 Å². The van der Waals surface area contributed by atoms with E-state index < -0.39 is 0 Å². The zero-order valence-electron chi connectivity index (χ0n) is 12.5. The summed E-state index contributed by atoms with van der Waals surface area (Å²) in [6.07, 6.45) is 6.66. The zero-order chi connectivity index (χ0) is 13.5. The minimum atomic E-state index is 0.451. The van der Waals surface area contributed by atoms with Crippen LogP contribution in [0.2, 0.25) is 0 Å². The Labute approximate surface area is 118 Å². The van der Waals surface area contributed by atoms with E-state index in [1.54, 1.807) is 0 Å². The maximum absolute atomic E-state index is 3.57.